The summed E-state index contributed by atoms with van der Waals surface area (Å²) in [5, 5.41) is 1.98. The number of sulfonamides is 1. The van der Waals surface area contributed by atoms with Gasteiger partial charge in [-0.15, -0.1) is 11.3 Å². The summed E-state index contributed by atoms with van der Waals surface area (Å²) < 4.78 is 28.5. The van der Waals surface area contributed by atoms with Crippen LogP contribution in [0.3, 0.4) is 0 Å². The Bertz CT molecular complexity index is 932. The first-order valence-corrected chi connectivity index (χ1v) is 11.2. The summed E-state index contributed by atoms with van der Waals surface area (Å²) in [5.41, 5.74) is 1.78. The molecule has 4 rings (SSSR count). The highest BCUT2D eigenvalue weighted by atomic mass is 32.2. The average molecular weight is 379 g/mol. The minimum atomic E-state index is -3.18. The molecule has 0 unspecified atom stereocenters. The van der Waals surface area contributed by atoms with E-state index < -0.39 is 10.0 Å². The normalized spacial score (nSPS) is 23.4. The molecule has 5 nitrogen and oxygen atoms in total. The van der Waals surface area contributed by atoms with Crippen LogP contribution < -0.4 is 5.56 Å². The highest BCUT2D eigenvalue weighted by molar-refractivity contribution is 7.89. The lowest BCUT2D eigenvalue weighted by atomic mass is 9.84. The van der Waals surface area contributed by atoms with E-state index in [1.54, 1.807) is 15.6 Å². The molecule has 0 saturated carbocycles. The van der Waals surface area contributed by atoms with Crippen molar-refractivity contribution in [1.29, 1.82) is 0 Å². The number of hydrogen-bond acceptors (Lipinski definition) is 4. The lowest BCUT2D eigenvalue weighted by Crippen LogP contribution is -2.49. The maximum Gasteiger partial charge on any atom is 0.259 e. The Hall–Kier alpha value is -1.44. The van der Waals surface area contributed by atoms with Crippen molar-refractivity contribution >= 4 is 21.4 Å². The highest BCUT2D eigenvalue weighted by Crippen LogP contribution is 2.37. The number of hydrogen-bond donors (Lipinski definition) is 0. The molecule has 2 aliphatic heterocycles. The lowest BCUT2D eigenvalue weighted by Gasteiger charge is -2.42. The zero-order valence-electron chi connectivity index (χ0n) is 14.2. The van der Waals surface area contributed by atoms with Crippen LogP contribution in [-0.4, -0.2) is 36.1 Å². The fourth-order valence-corrected chi connectivity index (χ4v) is 6.50. The molecule has 0 aromatic carbocycles. The molecule has 2 aromatic rings. The van der Waals surface area contributed by atoms with Crippen molar-refractivity contribution < 1.29 is 8.42 Å². The fraction of sp³-hybridized carbons (Fsp3) is 0.500. The van der Waals surface area contributed by atoms with Crippen LogP contribution in [0, 0.1) is 5.92 Å². The van der Waals surface area contributed by atoms with E-state index in [9.17, 15) is 13.2 Å². The molecule has 2 bridgehead atoms. The van der Waals surface area contributed by atoms with Crippen LogP contribution in [0.1, 0.15) is 31.4 Å². The van der Waals surface area contributed by atoms with Gasteiger partial charge in [0.1, 0.15) is 0 Å². The molecular formula is C18H22N2O3S2. The summed E-state index contributed by atoms with van der Waals surface area (Å²) in [6.45, 7) is 3.54. The zero-order valence-corrected chi connectivity index (χ0v) is 15.9. The van der Waals surface area contributed by atoms with Crippen molar-refractivity contribution in [3.05, 3.63) is 45.7 Å². The smallest absolute Gasteiger partial charge is 0.259 e. The molecule has 2 atom stereocenters. The number of fused-ring (bicyclic) bond motifs is 4. The van der Waals surface area contributed by atoms with Gasteiger partial charge >= 0.3 is 0 Å². The second kappa shape index (κ2) is 6.37. The van der Waals surface area contributed by atoms with Crippen LogP contribution in [0.4, 0.5) is 0 Å². The summed E-state index contributed by atoms with van der Waals surface area (Å²) >= 11 is 1.57. The van der Waals surface area contributed by atoms with Gasteiger partial charge in [0.05, 0.1) is 11.3 Å². The zero-order chi connectivity index (χ0) is 17.6. The van der Waals surface area contributed by atoms with Gasteiger partial charge in [0, 0.05) is 36.1 Å². The number of thiophene rings is 1. The van der Waals surface area contributed by atoms with Crippen LogP contribution in [0.5, 0.6) is 0 Å². The maximum atomic E-state index is 13.0. The van der Waals surface area contributed by atoms with Crippen LogP contribution in [-0.2, 0) is 16.6 Å². The van der Waals surface area contributed by atoms with Crippen LogP contribution in [0.15, 0.2) is 34.4 Å². The van der Waals surface area contributed by atoms with E-state index in [-0.39, 0.29) is 23.1 Å². The Balaban J connectivity index is 1.70. The molecule has 0 spiro atoms. The maximum absolute atomic E-state index is 13.0. The van der Waals surface area contributed by atoms with Crippen LogP contribution in [0.2, 0.25) is 0 Å². The van der Waals surface area contributed by atoms with Crippen molar-refractivity contribution in [3.63, 3.8) is 0 Å². The Morgan fingerprint density at radius 3 is 2.76 bits per heavy atom. The van der Waals surface area contributed by atoms with Gasteiger partial charge in [-0.05, 0) is 42.3 Å². The Labute approximate surface area is 152 Å². The number of aromatic nitrogens is 1. The van der Waals surface area contributed by atoms with Crippen LogP contribution >= 0.6 is 11.3 Å². The van der Waals surface area contributed by atoms with Gasteiger partial charge in [0.2, 0.25) is 10.0 Å². The molecule has 2 aliphatic rings. The van der Waals surface area contributed by atoms with Crippen molar-refractivity contribution in [2.45, 2.75) is 32.2 Å². The van der Waals surface area contributed by atoms with E-state index in [0.29, 0.717) is 26.1 Å². The first-order valence-electron chi connectivity index (χ1n) is 8.75. The SMILES string of the molecule is CCCS(=O)(=O)N1C[C@H]2C[C@H](C1)c1ccc(-c3cccs3)c(=O)n1C2. The number of pyridine rings is 1. The molecule has 4 heterocycles. The fourth-order valence-electron chi connectivity index (χ4n) is 4.14. The van der Waals surface area contributed by atoms with E-state index in [0.717, 1.165) is 22.6 Å². The first kappa shape index (κ1) is 17.0. The molecule has 134 valence electrons. The molecule has 7 heteroatoms. The number of piperidine rings is 1. The monoisotopic (exact) mass is 378 g/mol. The second-order valence-corrected chi connectivity index (χ2v) is 10.0. The molecule has 0 radical (unpaired) electrons. The lowest BCUT2D eigenvalue weighted by molar-refractivity contribution is 0.186. The summed E-state index contributed by atoms with van der Waals surface area (Å²) in [7, 11) is -3.18. The number of nitrogens with zero attached hydrogens (tertiary/aromatic N) is 2. The Morgan fingerprint density at radius 2 is 2.04 bits per heavy atom. The number of rotatable bonds is 4. The predicted octanol–water partition coefficient (Wildman–Crippen LogP) is 2.74. The van der Waals surface area contributed by atoms with E-state index in [1.807, 2.05) is 41.1 Å². The first-order chi connectivity index (χ1) is 12.0. The topological polar surface area (TPSA) is 59.4 Å². The van der Waals surface area contributed by atoms with Crippen molar-refractivity contribution in [1.82, 2.24) is 8.87 Å². The largest absolute Gasteiger partial charge is 0.311 e. The summed E-state index contributed by atoms with van der Waals surface area (Å²) in [5.74, 6) is 0.537. The molecule has 0 N–H and O–H groups in total. The predicted molar refractivity (Wildman–Crippen MR) is 101 cm³/mol. The minimum absolute atomic E-state index is 0.0551. The standard InChI is InChI=1S/C18H22N2O3S2/c1-2-8-25(22,23)19-10-13-9-14(12-19)16-6-5-15(17-4-3-7-24-17)18(21)20(16)11-13/h3-7,13-14H,2,8-12H2,1H3/t13-,14-/m1/s1. The molecule has 0 amide bonds. The van der Waals surface area contributed by atoms with Crippen molar-refractivity contribution in [2.75, 3.05) is 18.8 Å². The molecule has 0 aliphatic carbocycles. The molecule has 2 aromatic heterocycles. The van der Waals surface area contributed by atoms with Gasteiger partial charge in [-0.3, -0.25) is 4.79 Å². The highest BCUT2D eigenvalue weighted by Gasteiger charge is 2.38. The van der Waals surface area contributed by atoms with E-state index in [4.69, 9.17) is 0 Å². The average Bonchev–Trinajstić information content (AvgIpc) is 3.10. The summed E-state index contributed by atoms with van der Waals surface area (Å²) in [6.07, 6.45) is 1.60. The van der Waals surface area contributed by atoms with E-state index in [1.165, 1.54) is 0 Å². The third-order valence-corrected chi connectivity index (χ3v) is 8.13. The second-order valence-electron chi connectivity index (χ2n) is 7.00. The van der Waals surface area contributed by atoms with Gasteiger partial charge in [-0.25, -0.2) is 12.7 Å². The Kier molecular flexibility index (Phi) is 4.33. The molecule has 25 heavy (non-hydrogen) atoms. The molecular weight excluding hydrogens is 356 g/mol. The minimum Gasteiger partial charge on any atom is -0.311 e. The van der Waals surface area contributed by atoms with E-state index >= 15 is 0 Å². The van der Waals surface area contributed by atoms with Gasteiger partial charge < -0.3 is 4.57 Å². The van der Waals surface area contributed by atoms with Gasteiger partial charge in [0.25, 0.3) is 5.56 Å². The van der Waals surface area contributed by atoms with Crippen molar-refractivity contribution in [2.24, 2.45) is 5.92 Å². The summed E-state index contributed by atoms with van der Waals surface area (Å²) in [6, 6.07) is 7.85. The van der Waals surface area contributed by atoms with Crippen LogP contribution in [0.25, 0.3) is 10.4 Å². The molecule has 1 saturated heterocycles. The molecule has 1 fully saturated rings. The van der Waals surface area contributed by atoms with Gasteiger partial charge in [-0.2, -0.15) is 0 Å². The third-order valence-electron chi connectivity index (χ3n) is 5.21. The summed E-state index contributed by atoms with van der Waals surface area (Å²) in [4.78, 5) is 14.0. The van der Waals surface area contributed by atoms with Gasteiger partial charge in [0.15, 0.2) is 0 Å². The Morgan fingerprint density at radius 1 is 1.20 bits per heavy atom. The van der Waals surface area contributed by atoms with E-state index in [2.05, 4.69) is 0 Å². The quantitative estimate of drug-likeness (QED) is 0.822. The van der Waals surface area contributed by atoms with Gasteiger partial charge in [-0.1, -0.05) is 13.0 Å². The third kappa shape index (κ3) is 2.98. The van der Waals surface area contributed by atoms with Crippen molar-refractivity contribution in [3.8, 4) is 10.4 Å².